The topological polar surface area (TPSA) is 92.3 Å². The molecule has 1 amide bonds. The Hall–Kier alpha value is -3.45. The molecule has 0 spiro atoms. The van der Waals surface area contributed by atoms with Crippen molar-refractivity contribution in [3.63, 3.8) is 0 Å². The van der Waals surface area contributed by atoms with Gasteiger partial charge in [0.25, 0.3) is 5.91 Å². The van der Waals surface area contributed by atoms with Crippen LogP contribution >= 0.6 is 0 Å². The molecule has 0 aliphatic rings. The van der Waals surface area contributed by atoms with E-state index in [0.717, 1.165) is 11.8 Å². The third-order valence-corrected chi connectivity index (χ3v) is 5.77. The molecule has 6 nitrogen and oxygen atoms in total. The van der Waals surface area contributed by atoms with E-state index in [2.05, 4.69) is 30.8 Å². The van der Waals surface area contributed by atoms with E-state index in [1.54, 1.807) is 49.4 Å². The monoisotopic (exact) mass is 464 g/mol. The molecule has 172 valence electrons. The van der Waals surface area contributed by atoms with E-state index in [-0.39, 0.29) is 17.1 Å². The standard InChI is InChI=1S/C26H28N2O4S/c1-17-15-20(11-14-23(17)28-33(5,31)32)25(30)27-22-8-6-7-19(16-22)24(29)18-9-12-21(13-10-18)26(2,3)4/h6-16,28H,1-5H3,(H,27,30). The van der Waals surface area contributed by atoms with Crippen molar-refractivity contribution in [3.8, 4) is 0 Å². The number of carbonyl (C=O) groups is 2. The van der Waals surface area contributed by atoms with Crippen molar-refractivity contribution in [1.29, 1.82) is 0 Å². The van der Waals surface area contributed by atoms with Crippen molar-refractivity contribution in [1.82, 2.24) is 0 Å². The van der Waals surface area contributed by atoms with E-state index < -0.39 is 10.0 Å². The summed E-state index contributed by atoms with van der Waals surface area (Å²) in [6, 6.07) is 19.1. The molecular weight excluding hydrogens is 436 g/mol. The Bertz CT molecular complexity index is 1300. The number of carbonyl (C=O) groups excluding carboxylic acids is 2. The molecule has 0 radical (unpaired) electrons. The predicted molar refractivity (Wildman–Crippen MR) is 133 cm³/mol. The number of anilines is 2. The van der Waals surface area contributed by atoms with Gasteiger partial charge in [0, 0.05) is 22.4 Å². The smallest absolute Gasteiger partial charge is 0.255 e. The fourth-order valence-electron chi connectivity index (χ4n) is 3.35. The number of ketones is 1. The van der Waals surface area contributed by atoms with Crippen molar-refractivity contribution in [3.05, 3.63) is 94.5 Å². The molecule has 3 aromatic carbocycles. The molecular formula is C26H28N2O4S. The summed E-state index contributed by atoms with van der Waals surface area (Å²) in [5, 5.41) is 2.80. The van der Waals surface area contributed by atoms with Crippen LogP contribution in [0.4, 0.5) is 11.4 Å². The van der Waals surface area contributed by atoms with E-state index in [1.165, 1.54) is 0 Å². The number of amides is 1. The van der Waals surface area contributed by atoms with Crippen molar-refractivity contribution < 1.29 is 18.0 Å². The Labute approximate surface area is 195 Å². The highest BCUT2D eigenvalue weighted by Crippen LogP contribution is 2.24. The van der Waals surface area contributed by atoms with Crippen LogP contribution in [0.3, 0.4) is 0 Å². The quantitative estimate of drug-likeness (QED) is 0.494. The first-order valence-corrected chi connectivity index (χ1v) is 12.4. The van der Waals surface area contributed by atoms with E-state index in [9.17, 15) is 18.0 Å². The Morgan fingerprint density at radius 2 is 1.45 bits per heavy atom. The van der Waals surface area contributed by atoms with Gasteiger partial charge in [-0.05, 0) is 53.8 Å². The Morgan fingerprint density at radius 3 is 2.03 bits per heavy atom. The summed E-state index contributed by atoms with van der Waals surface area (Å²) in [7, 11) is -3.41. The average Bonchev–Trinajstić information content (AvgIpc) is 2.73. The van der Waals surface area contributed by atoms with Crippen molar-refractivity contribution >= 4 is 33.1 Å². The van der Waals surface area contributed by atoms with Crippen LogP contribution in [0.1, 0.15) is 58.2 Å². The number of hydrogen-bond acceptors (Lipinski definition) is 4. The lowest BCUT2D eigenvalue weighted by atomic mass is 9.86. The maximum atomic E-state index is 12.9. The number of nitrogens with one attached hydrogen (secondary N) is 2. The van der Waals surface area contributed by atoms with Gasteiger partial charge in [-0.15, -0.1) is 0 Å². The van der Waals surface area contributed by atoms with Gasteiger partial charge in [-0.3, -0.25) is 14.3 Å². The predicted octanol–water partition coefficient (Wildman–Crippen LogP) is 5.15. The first kappa shape index (κ1) is 24.2. The molecule has 2 N–H and O–H groups in total. The van der Waals surface area contributed by atoms with Gasteiger partial charge >= 0.3 is 0 Å². The van der Waals surface area contributed by atoms with Crippen LogP contribution in [-0.4, -0.2) is 26.4 Å². The Balaban J connectivity index is 1.76. The molecule has 33 heavy (non-hydrogen) atoms. The zero-order valence-electron chi connectivity index (χ0n) is 19.4. The number of aryl methyl sites for hydroxylation is 1. The molecule has 0 saturated carbocycles. The van der Waals surface area contributed by atoms with Crippen LogP contribution in [0.2, 0.25) is 0 Å². The summed E-state index contributed by atoms with van der Waals surface area (Å²) < 4.78 is 25.3. The molecule has 3 rings (SSSR count). The van der Waals surface area contributed by atoms with Gasteiger partial charge in [0.05, 0.1) is 11.9 Å². The molecule has 0 unspecified atom stereocenters. The third-order valence-electron chi connectivity index (χ3n) is 5.18. The lowest BCUT2D eigenvalue weighted by molar-refractivity contribution is 0.102. The second kappa shape index (κ2) is 9.19. The maximum absolute atomic E-state index is 12.9. The van der Waals surface area contributed by atoms with Crippen LogP contribution in [0, 0.1) is 6.92 Å². The van der Waals surface area contributed by atoms with Gasteiger partial charge in [-0.2, -0.15) is 0 Å². The fourth-order valence-corrected chi connectivity index (χ4v) is 3.98. The lowest BCUT2D eigenvalue weighted by Crippen LogP contribution is -2.14. The van der Waals surface area contributed by atoms with Crippen LogP contribution in [0.5, 0.6) is 0 Å². The molecule has 0 aliphatic carbocycles. The minimum Gasteiger partial charge on any atom is -0.322 e. The summed E-state index contributed by atoms with van der Waals surface area (Å²) in [5.74, 6) is -0.485. The molecule has 3 aromatic rings. The molecule has 0 aliphatic heterocycles. The number of rotatable bonds is 6. The summed E-state index contributed by atoms with van der Waals surface area (Å²) in [4.78, 5) is 25.7. The van der Waals surface area contributed by atoms with Gasteiger partial charge in [0.1, 0.15) is 0 Å². The van der Waals surface area contributed by atoms with Crippen LogP contribution in [0.25, 0.3) is 0 Å². The summed E-state index contributed by atoms with van der Waals surface area (Å²) >= 11 is 0. The second-order valence-corrected chi connectivity index (χ2v) is 10.8. The highest BCUT2D eigenvalue weighted by molar-refractivity contribution is 7.92. The number of benzene rings is 3. The zero-order chi connectivity index (χ0) is 24.4. The van der Waals surface area contributed by atoms with Gasteiger partial charge < -0.3 is 5.32 Å². The highest BCUT2D eigenvalue weighted by atomic mass is 32.2. The summed E-state index contributed by atoms with van der Waals surface area (Å²) in [5.41, 5.74) is 4.11. The number of sulfonamides is 1. The van der Waals surface area contributed by atoms with Gasteiger partial charge in [-0.25, -0.2) is 8.42 Å². The average molecular weight is 465 g/mol. The van der Waals surface area contributed by atoms with Gasteiger partial charge in [0.15, 0.2) is 5.78 Å². The van der Waals surface area contributed by atoms with Gasteiger partial charge in [-0.1, -0.05) is 57.2 Å². The summed E-state index contributed by atoms with van der Waals surface area (Å²) in [6.07, 6.45) is 1.07. The fraction of sp³-hybridized carbons (Fsp3) is 0.231. The first-order chi connectivity index (χ1) is 15.3. The highest BCUT2D eigenvalue weighted by Gasteiger charge is 2.16. The molecule has 0 fully saturated rings. The molecule has 0 atom stereocenters. The van der Waals surface area contributed by atoms with E-state index in [1.807, 2.05) is 24.3 Å². The Morgan fingerprint density at radius 1 is 0.818 bits per heavy atom. The third kappa shape index (κ3) is 6.29. The molecule has 0 saturated heterocycles. The number of hydrogen-bond donors (Lipinski definition) is 2. The maximum Gasteiger partial charge on any atom is 0.255 e. The van der Waals surface area contributed by atoms with Crippen LogP contribution < -0.4 is 10.0 Å². The van der Waals surface area contributed by atoms with Crippen molar-refractivity contribution in [2.75, 3.05) is 16.3 Å². The molecule has 0 heterocycles. The van der Waals surface area contributed by atoms with E-state index in [0.29, 0.717) is 33.6 Å². The van der Waals surface area contributed by atoms with Gasteiger partial charge in [0.2, 0.25) is 10.0 Å². The zero-order valence-corrected chi connectivity index (χ0v) is 20.2. The van der Waals surface area contributed by atoms with E-state index >= 15 is 0 Å². The summed E-state index contributed by atoms with van der Waals surface area (Å²) in [6.45, 7) is 8.07. The lowest BCUT2D eigenvalue weighted by Gasteiger charge is -2.19. The largest absolute Gasteiger partial charge is 0.322 e. The molecule has 7 heteroatoms. The minimum absolute atomic E-state index is 0.00317. The van der Waals surface area contributed by atoms with E-state index in [4.69, 9.17) is 0 Å². The first-order valence-electron chi connectivity index (χ1n) is 10.5. The minimum atomic E-state index is -3.41. The van der Waals surface area contributed by atoms with Crippen LogP contribution in [-0.2, 0) is 15.4 Å². The van der Waals surface area contributed by atoms with Crippen molar-refractivity contribution in [2.45, 2.75) is 33.1 Å². The molecule has 0 aromatic heterocycles. The second-order valence-electron chi connectivity index (χ2n) is 9.10. The van der Waals surface area contributed by atoms with Crippen molar-refractivity contribution in [2.24, 2.45) is 0 Å². The Kier molecular flexibility index (Phi) is 6.74. The van der Waals surface area contributed by atoms with Crippen LogP contribution in [0.15, 0.2) is 66.7 Å². The molecule has 0 bridgehead atoms. The normalized spacial score (nSPS) is 11.7. The SMILES string of the molecule is Cc1cc(C(=O)Nc2cccc(C(=O)c3ccc(C(C)(C)C)cc3)c2)ccc1NS(C)(=O)=O.